The second-order valence-electron chi connectivity index (χ2n) is 6.32. The van der Waals surface area contributed by atoms with E-state index >= 15 is 0 Å². The molecule has 2 rings (SSSR count). The van der Waals surface area contributed by atoms with E-state index in [0.29, 0.717) is 17.8 Å². The number of pyridine rings is 1. The van der Waals surface area contributed by atoms with E-state index in [-0.39, 0.29) is 24.0 Å². The number of hydrogen-bond donors (Lipinski definition) is 2. The van der Waals surface area contributed by atoms with Crippen molar-refractivity contribution in [1.29, 1.82) is 0 Å². The van der Waals surface area contributed by atoms with Crippen LogP contribution in [0, 0.1) is 5.41 Å². The Morgan fingerprint density at radius 2 is 2.04 bits per heavy atom. The first-order chi connectivity index (χ1) is 11.2. The Hall–Kier alpha value is -1.05. The zero-order valence-corrected chi connectivity index (χ0v) is 17.4. The van der Waals surface area contributed by atoms with Crippen LogP contribution in [0.25, 0.3) is 0 Å². The van der Waals surface area contributed by atoms with Crippen LogP contribution in [0.3, 0.4) is 0 Å². The number of ether oxygens (including phenoxy) is 1. The second-order valence-corrected chi connectivity index (χ2v) is 6.32. The van der Waals surface area contributed by atoms with Gasteiger partial charge in [-0.3, -0.25) is 0 Å². The summed E-state index contributed by atoms with van der Waals surface area (Å²) in [5.41, 5.74) is 1.55. The molecule has 24 heavy (non-hydrogen) atoms. The molecule has 0 amide bonds. The molecule has 1 aromatic heterocycles. The molecule has 0 bridgehead atoms. The molecule has 1 fully saturated rings. The summed E-state index contributed by atoms with van der Waals surface area (Å²) in [6.45, 7) is 6.89. The Bertz CT molecular complexity index is 515. The van der Waals surface area contributed by atoms with E-state index in [0.717, 1.165) is 24.6 Å². The number of nitrogens with zero attached hydrogens (tertiary/aromatic N) is 2. The SMILES string of the molecule is CCNC(=NCc1ccnc(OC)c1)NCC1(CC)CCCC1.I. The van der Waals surface area contributed by atoms with Crippen molar-refractivity contribution in [2.45, 2.75) is 52.5 Å². The normalized spacial score (nSPS) is 16.4. The fraction of sp³-hybridized carbons (Fsp3) is 0.667. The van der Waals surface area contributed by atoms with Gasteiger partial charge in [0.1, 0.15) is 0 Å². The minimum absolute atomic E-state index is 0. The lowest BCUT2D eigenvalue weighted by Crippen LogP contribution is -2.42. The van der Waals surface area contributed by atoms with Crippen molar-refractivity contribution in [3.05, 3.63) is 23.9 Å². The van der Waals surface area contributed by atoms with Gasteiger partial charge in [-0.05, 0) is 43.2 Å². The van der Waals surface area contributed by atoms with Gasteiger partial charge in [0.25, 0.3) is 0 Å². The lowest BCUT2D eigenvalue weighted by atomic mass is 9.83. The predicted molar refractivity (Wildman–Crippen MR) is 110 cm³/mol. The third-order valence-electron chi connectivity index (χ3n) is 4.82. The number of nitrogens with one attached hydrogen (secondary N) is 2. The maximum absolute atomic E-state index is 5.16. The van der Waals surface area contributed by atoms with Crippen molar-refractivity contribution in [2.24, 2.45) is 10.4 Å². The van der Waals surface area contributed by atoms with Gasteiger partial charge in [-0.25, -0.2) is 9.98 Å². The molecule has 1 aliphatic rings. The number of aromatic nitrogens is 1. The summed E-state index contributed by atoms with van der Waals surface area (Å²) < 4.78 is 5.16. The molecule has 0 aromatic carbocycles. The molecule has 1 aliphatic carbocycles. The number of halogens is 1. The summed E-state index contributed by atoms with van der Waals surface area (Å²) in [4.78, 5) is 8.82. The van der Waals surface area contributed by atoms with Gasteiger partial charge in [0, 0.05) is 25.4 Å². The monoisotopic (exact) mass is 446 g/mol. The van der Waals surface area contributed by atoms with Gasteiger partial charge in [-0.15, -0.1) is 24.0 Å². The lowest BCUT2D eigenvalue weighted by molar-refractivity contribution is 0.283. The topological polar surface area (TPSA) is 58.5 Å². The average Bonchev–Trinajstić information content (AvgIpc) is 3.07. The van der Waals surface area contributed by atoms with Crippen LogP contribution in [0.4, 0.5) is 0 Å². The van der Waals surface area contributed by atoms with E-state index in [4.69, 9.17) is 9.73 Å². The first-order valence-corrected chi connectivity index (χ1v) is 8.72. The smallest absolute Gasteiger partial charge is 0.213 e. The largest absolute Gasteiger partial charge is 0.481 e. The molecule has 2 N–H and O–H groups in total. The molecule has 0 atom stereocenters. The van der Waals surface area contributed by atoms with E-state index in [1.165, 1.54) is 32.1 Å². The summed E-state index contributed by atoms with van der Waals surface area (Å²) in [6.07, 6.45) is 8.38. The highest BCUT2D eigenvalue weighted by molar-refractivity contribution is 14.0. The summed E-state index contributed by atoms with van der Waals surface area (Å²) in [5, 5.41) is 6.88. The molecule has 136 valence electrons. The van der Waals surface area contributed by atoms with Crippen LogP contribution in [0.1, 0.15) is 51.5 Å². The average molecular weight is 446 g/mol. The van der Waals surface area contributed by atoms with Crippen LogP contribution in [-0.2, 0) is 6.54 Å². The molecule has 0 unspecified atom stereocenters. The first-order valence-electron chi connectivity index (χ1n) is 8.72. The molecular weight excluding hydrogens is 415 g/mol. The van der Waals surface area contributed by atoms with Gasteiger partial charge >= 0.3 is 0 Å². The quantitative estimate of drug-likeness (QED) is 0.381. The van der Waals surface area contributed by atoms with Gasteiger partial charge < -0.3 is 15.4 Å². The Labute approximate surface area is 163 Å². The Kier molecular flexibility index (Phi) is 9.39. The highest BCUT2D eigenvalue weighted by Gasteiger charge is 2.31. The standard InChI is InChI=1S/C18H30N4O.HI/c1-4-18(9-6-7-10-18)14-22-17(19-5-2)21-13-15-8-11-20-16(12-15)23-3;/h8,11-12H,4-7,9-10,13-14H2,1-3H3,(H2,19,21,22);1H. The third-order valence-corrected chi connectivity index (χ3v) is 4.82. The Morgan fingerprint density at radius 1 is 1.29 bits per heavy atom. The number of rotatable bonds is 7. The summed E-state index contributed by atoms with van der Waals surface area (Å²) in [7, 11) is 1.63. The lowest BCUT2D eigenvalue weighted by Gasteiger charge is -2.28. The predicted octanol–water partition coefficient (Wildman–Crippen LogP) is 3.73. The second kappa shape index (κ2) is 10.7. The van der Waals surface area contributed by atoms with Crippen molar-refractivity contribution in [1.82, 2.24) is 15.6 Å². The van der Waals surface area contributed by atoms with Crippen molar-refractivity contribution >= 4 is 29.9 Å². The van der Waals surface area contributed by atoms with Crippen LogP contribution in [-0.4, -0.2) is 31.1 Å². The first kappa shape index (κ1) is 21.0. The molecule has 1 heterocycles. The van der Waals surface area contributed by atoms with E-state index in [9.17, 15) is 0 Å². The van der Waals surface area contributed by atoms with E-state index < -0.39 is 0 Å². The highest BCUT2D eigenvalue weighted by atomic mass is 127. The van der Waals surface area contributed by atoms with Crippen LogP contribution < -0.4 is 15.4 Å². The van der Waals surface area contributed by atoms with E-state index in [2.05, 4.69) is 29.5 Å². The molecule has 6 heteroatoms. The highest BCUT2D eigenvalue weighted by Crippen LogP contribution is 2.40. The Morgan fingerprint density at radius 3 is 2.67 bits per heavy atom. The van der Waals surface area contributed by atoms with E-state index in [1.807, 2.05) is 12.1 Å². The number of hydrogen-bond acceptors (Lipinski definition) is 3. The molecule has 0 aliphatic heterocycles. The van der Waals surface area contributed by atoms with Gasteiger partial charge in [-0.2, -0.15) is 0 Å². The van der Waals surface area contributed by atoms with E-state index in [1.54, 1.807) is 13.3 Å². The van der Waals surface area contributed by atoms with Crippen molar-refractivity contribution in [2.75, 3.05) is 20.2 Å². The summed E-state index contributed by atoms with van der Waals surface area (Å²) in [5.74, 6) is 1.52. The minimum Gasteiger partial charge on any atom is -0.481 e. The fourth-order valence-corrected chi connectivity index (χ4v) is 3.22. The van der Waals surface area contributed by atoms with Gasteiger partial charge in [0.2, 0.25) is 5.88 Å². The number of methoxy groups -OCH3 is 1. The number of aliphatic imine (C=N–C) groups is 1. The Balaban J connectivity index is 0.00000288. The van der Waals surface area contributed by atoms with Crippen LogP contribution in [0.5, 0.6) is 5.88 Å². The van der Waals surface area contributed by atoms with Gasteiger partial charge in [0.15, 0.2) is 5.96 Å². The van der Waals surface area contributed by atoms with Crippen molar-refractivity contribution < 1.29 is 4.74 Å². The summed E-state index contributed by atoms with van der Waals surface area (Å²) >= 11 is 0. The molecule has 1 aromatic rings. The van der Waals surface area contributed by atoms with Crippen molar-refractivity contribution in [3.63, 3.8) is 0 Å². The van der Waals surface area contributed by atoms with Crippen LogP contribution in [0.2, 0.25) is 0 Å². The molecule has 1 saturated carbocycles. The zero-order chi connectivity index (χ0) is 16.5. The molecule has 0 saturated heterocycles. The molecular formula is C18H31IN4O. The van der Waals surface area contributed by atoms with Gasteiger partial charge in [0.05, 0.1) is 13.7 Å². The third kappa shape index (κ3) is 6.11. The molecule has 0 radical (unpaired) electrons. The van der Waals surface area contributed by atoms with Crippen molar-refractivity contribution in [3.8, 4) is 5.88 Å². The van der Waals surface area contributed by atoms with Crippen LogP contribution >= 0.6 is 24.0 Å². The summed E-state index contributed by atoms with van der Waals surface area (Å²) in [6, 6.07) is 3.90. The number of guanidine groups is 1. The molecule has 0 spiro atoms. The zero-order valence-electron chi connectivity index (χ0n) is 15.1. The van der Waals surface area contributed by atoms with Crippen LogP contribution in [0.15, 0.2) is 23.3 Å². The molecule has 5 nitrogen and oxygen atoms in total. The fourth-order valence-electron chi connectivity index (χ4n) is 3.22. The van der Waals surface area contributed by atoms with Gasteiger partial charge in [-0.1, -0.05) is 19.8 Å². The maximum Gasteiger partial charge on any atom is 0.213 e. The maximum atomic E-state index is 5.16. The minimum atomic E-state index is 0.